The zero-order chi connectivity index (χ0) is 12.8. The van der Waals surface area contributed by atoms with E-state index in [0.717, 1.165) is 5.56 Å². The number of hydrogen-bond acceptors (Lipinski definition) is 1. The number of alkyl halides is 4. The van der Waals surface area contributed by atoms with Crippen molar-refractivity contribution in [3.8, 4) is 0 Å². The minimum atomic E-state index is -4.20. The molecule has 1 unspecified atom stereocenters. The van der Waals surface area contributed by atoms with Gasteiger partial charge in [-0.25, -0.2) is 0 Å². The Kier molecular flexibility index (Phi) is 3.18. The third-order valence-corrected chi connectivity index (χ3v) is 7.59. The summed E-state index contributed by atoms with van der Waals surface area (Å²) in [4.78, 5) is 0. The molecule has 0 N–H and O–H groups in total. The maximum atomic E-state index is 13.0. The van der Waals surface area contributed by atoms with Gasteiger partial charge in [0.1, 0.15) is 0 Å². The maximum absolute atomic E-state index is 13.0. The Morgan fingerprint density at radius 1 is 1.24 bits per heavy atom. The van der Waals surface area contributed by atoms with Crippen LogP contribution in [-0.4, -0.2) is 4.18 Å². The van der Waals surface area contributed by atoms with Gasteiger partial charge in [0.15, 0.2) is 0 Å². The molecule has 0 spiro atoms. The fraction of sp³-hybridized carbons (Fsp3) is 0.500. The van der Waals surface area contributed by atoms with Gasteiger partial charge in [0.05, 0.1) is 0 Å². The first-order valence-corrected chi connectivity index (χ1v) is 8.36. The zero-order valence-corrected chi connectivity index (χ0v) is 12.0. The van der Waals surface area contributed by atoms with Crippen molar-refractivity contribution < 1.29 is 16.2 Å². The molecule has 1 nitrogen and oxygen atoms in total. The molecule has 0 aliphatic carbocycles. The Morgan fingerprint density at radius 3 is 2.35 bits per heavy atom. The predicted molar refractivity (Wildman–Crippen MR) is 68.5 cm³/mol. The van der Waals surface area contributed by atoms with Crippen LogP contribution < -0.4 is 0 Å². The van der Waals surface area contributed by atoms with E-state index in [1.54, 1.807) is 31.2 Å². The predicted octanol–water partition coefficient (Wildman–Crippen LogP) is 4.70. The van der Waals surface area contributed by atoms with Crippen LogP contribution in [0.5, 0.6) is 0 Å². The van der Waals surface area contributed by atoms with Gasteiger partial charge in [0, 0.05) is 0 Å². The van der Waals surface area contributed by atoms with Crippen LogP contribution in [0.1, 0.15) is 26.3 Å². The first-order valence-electron chi connectivity index (χ1n) is 5.32. The molecule has 5 heteroatoms. The van der Waals surface area contributed by atoms with E-state index in [9.17, 15) is 13.2 Å². The van der Waals surface area contributed by atoms with Crippen LogP contribution in [-0.2, 0) is 8.67 Å². The van der Waals surface area contributed by atoms with E-state index >= 15 is 0 Å². The number of benzene rings is 1. The van der Waals surface area contributed by atoms with Crippen molar-refractivity contribution in [1.29, 1.82) is 0 Å². The van der Waals surface area contributed by atoms with Crippen LogP contribution in [0.2, 0.25) is 0 Å². The molecule has 2 rings (SSSR count). The number of halogens is 4. The molecule has 17 heavy (non-hydrogen) atoms. The monoisotopic (exact) mass is 358 g/mol. The Labute approximate surface area is 106 Å². The summed E-state index contributed by atoms with van der Waals surface area (Å²) in [7, 11) is 0. The molecule has 1 aliphatic rings. The van der Waals surface area contributed by atoms with Crippen LogP contribution in [0.4, 0.5) is 13.2 Å². The van der Waals surface area contributed by atoms with Crippen molar-refractivity contribution in [2.24, 2.45) is 5.92 Å². The molecule has 0 saturated carbocycles. The second-order valence-corrected chi connectivity index (χ2v) is 8.74. The summed E-state index contributed by atoms with van der Waals surface area (Å²) in [6, 6.07) is 6.77. The van der Waals surface area contributed by atoms with E-state index in [0.29, 0.717) is 3.57 Å². The van der Waals surface area contributed by atoms with Gasteiger partial charge < -0.3 is 0 Å². The van der Waals surface area contributed by atoms with E-state index < -0.39 is 30.0 Å². The van der Waals surface area contributed by atoms with Crippen LogP contribution in [0.3, 0.4) is 0 Å². The van der Waals surface area contributed by atoms with Gasteiger partial charge in [0.25, 0.3) is 0 Å². The summed E-state index contributed by atoms with van der Waals surface area (Å²) < 4.78 is 40.7. The van der Waals surface area contributed by atoms with E-state index in [-0.39, 0.29) is 5.92 Å². The fourth-order valence-electron chi connectivity index (χ4n) is 1.82. The van der Waals surface area contributed by atoms with Crippen molar-refractivity contribution in [1.82, 2.24) is 0 Å². The minimum absolute atomic E-state index is 0.0216. The molecule has 96 valence electrons. The van der Waals surface area contributed by atoms with Crippen molar-refractivity contribution >= 4 is 20.2 Å². The summed E-state index contributed by atoms with van der Waals surface area (Å²) in [5.74, 6) is 0.0216. The van der Waals surface area contributed by atoms with Crippen molar-refractivity contribution in [3.63, 3.8) is 0 Å². The van der Waals surface area contributed by atoms with Crippen LogP contribution in [0.25, 0.3) is 0 Å². The van der Waals surface area contributed by atoms with E-state index in [1.165, 1.54) is 0 Å². The Hall–Kier alpha value is -0.300. The average molecular weight is 358 g/mol. The Balaban J connectivity index is 2.55. The van der Waals surface area contributed by atoms with Crippen LogP contribution in [0, 0.1) is 9.49 Å². The molecule has 0 fully saturated rings. The number of hydrogen-bond donors (Lipinski definition) is 0. The summed E-state index contributed by atoms with van der Waals surface area (Å²) in [6.45, 7) is 5.55. The zero-order valence-electron chi connectivity index (χ0n) is 9.81. The fourth-order valence-corrected chi connectivity index (χ4v) is 6.40. The van der Waals surface area contributed by atoms with Gasteiger partial charge in [-0.15, -0.1) is 0 Å². The molecule has 1 atom stereocenters. The third-order valence-electron chi connectivity index (χ3n) is 3.13. The van der Waals surface area contributed by atoms with E-state index in [4.69, 9.17) is 3.07 Å². The number of fused-ring (bicyclic) bond motifs is 1. The molecule has 1 heterocycles. The second-order valence-electron chi connectivity index (χ2n) is 4.50. The SMILES string of the molecule is CC(C)C1(C)OI(C(F)(F)F)c2ccccc21. The van der Waals surface area contributed by atoms with Crippen molar-refractivity contribution in [3.05, 3.63) is 33.4 Å². The molecule has 1 aromatic rings. The standard InChI is InChI=1S/C12H14F3IO/c1-8(2)11(3)9-6-4-5-7-10(9)16(17-11)12(13,14)15/h4-8H,1-3H3. The van der Waals surface area contributed by atoms with E-state index in [1.807, 2.05) is 13.8 Å². The normalized spacial score (nSPS) is 26.4. The van der Waals surface area contributed by atoms with Gasteiger partial charge in [0.2, 0.25) is 0 Å². The molecule has 0 radical (unpaired) electrons. The molecule has 0 saturated heterocycles. The molecular weight excluding hydrogens is 344 g/mol. The van der Waals surface area contributed by atoms with Crippen LogP contribution in [0.15, 0.2) is 24.3 Å². The van der Waals surface area contributed by atoms with Gasteiger partial charge >= 0.3 is 106 Å². The van der Waals surface area contributed by atoms with Gasteiger partial charge in [-0.3, -0.25) is 0 Å². The first kappa shape index (κ1) is 13.1. The topological polar surface area (TPSA) is 9.23 Å². The summed E-state index contributed by atoms with van der Waals surface area (Å²) in [5, 5.41) is 0. The molecule has 0 aromatic heterocycles. The Bertz CT molecular complexity index is 430. The van der Waals surface area contributed by atoms with Gasteiger partial charge in [-0.05, 0) is 0 Å². The Morgan fingerprint density at radius 2 is 1.82 bits per heavy atom. The third kappa shape index (κ3) is 2.07. The second kappa shape index (κ2) is 4.12. The average Bonchev–Trinajstić information content (AvgIpc) is 2.54. The first-order chi connectivity index (χ1) is 7.77. The number of rotatable bonds is 1. The van der Waals surface area contributed by atoms with Crippen molar-refractivity contribution in [2.75, 3.05) is 0 Å². The summed E-state index contributed by atoms with van der Waals surface area (Å²) >= 11 is -3.55. The summed E-state index contributed by atoms with van der Waals surface area (Å²) in [6.07, 6.45) is 0. The van der Waals surface area contributed by atoms with Crippen LogP contribution >= 0.6 is 20.2 Å². The molecular formula is C12H14F3IO. The van der Waals surface area contributed by atoms with Gasteiger partial charge in [-0.2, -0.15) is 0 Å². The molecule has 0 amide bonds. The van der Waals surface area contributed by atoms with Crippen molar-refractivity contribution in [2.45, 2.75) is 30.6 Å². The molecule has 1 aromatic carbocycles. The summed E-state index contributed by atoms with van der Waals surface area (Å²) in [5.41, 5.74) is -0.0747. The quantitative estimate of drug-likeness (QED) is 0.522. The van der Waals surface area contributed by atoms with Gasteiger partial charge in [-0.1, -0.05) is 0 Å². The molecule has 0 bridgehead atoms. The molecule has 1 aliphatic heterocycles. The van der Waals surface area contributed by atoms with E-state index in [2.05, 4.69) is 0 Å².